The van der Waals surface area contributed by atoms with E-state index in [1.54, 1.807) is 0 Å². The SMILES string of the molecule is CCCCCCCCNCCCC1CCNC1. The van der Waals surface area contributed by atoms with E-state index >= 15 is 0 Å². The van der Waals surface area contributed by atoms with Gasteiger partial charge in [0.15, 0.2) is 0 Å². The zero-order valence-electron chi connectivity index (χ0n) is 11.8. The maximum absolute atomic E-state index is 3.58. The highest BCUT2D eigenvalue weighted by Crippen LogP contribution is 2.13. The molecule has 1 aliphatic rings. The van der Waals surface area contributed by atoms with Crippen molar-refractivity contribution in [1.29, 1.82) is 0 Å². The van der Waals surface area contributed by atoms with Crippen molar-refractivity contribution in [1.82, 2.24) is 10.6 Å². The highest BCUT2D eigenvalue weighted by Gasteiger charge is 2.12. The van der Waals surface area contributed by atoms with Crippen LogP contribution in [0.15, 0.2) is 0 Å². The van der Waals surface area contributed by atoms with E-state index in [0.717, 1.165) is 5.92 Å². The van der Waals surface area contributed by atoms with Gasteiger partial charge in [0.25, 0.3) is 0 Å². The quantitative estimate of drug-likeness (QED) is 0.541. The van der Waals surface area contributed by atoms with Gasteiger partial charge in [0.2, 0.25) is 0 Å². The van der Waals surface area contributed by atoms with E-state index in [2.05, 4.69) is 17.6 Å². The molecule has 1 rings (SSSR count). The first-order valence-corrected chi connectivity index (χ1v) is 7.85. The molecular weight excluding hydrogens is 208 g/mol. The van der Waals surface area contributed by atoms with Gasteiger partial charge in [-0.15, -0.1) is 0 Å². The molecule has 2 N–H and O–H groups in total. The van der Waals surface area contributed by atoms with Gasteiger partial charge in [-0.2, -0.15) is 0 Å². The van der Waals surface area contributed by atoms with Crippen LogP contribution in [0.3, 0.4) is 0 Å². The summed E-state index contributed by atoms with van der Waals surface area (Å²) in [5.74, 6) is 0.964. The zero-order chi connectivity index (χ0) is 12.2. The summed E-state index contributed by atoms with van der Waals surface area (Å²) in [5, 5.41) is 7.02. The normalized spacial score (nSPS) is 19.9. The summed E-state index contributed by atoms with van der Waals surface area (Å²) in [5.41, 5.74) is 0. The topological polar surface area (TPSA) is 24.1 Å². The Kier molecular flexibility index (Phi) is 9.72. The minimum atomic E-state index is 0.964. The summed E-state index contributed by atoms with van der Waals surface area (Å²) in [4.78, 5) is 0. The Morgan fingerprint density at radius 2 is 1.76 bits per heavy atom. The molecule has 0 amide bonds. The lowest BCUT2D eigenvalue weighted by Gasteiger charge is -2.08. The molecule has 0 aromatic rings. The first-order valence-electron chi connectivity index (χ1n) is 7.85. The van der Waals surface area contributed by atoms with Gasteiger partial charge in [-0.1, -0.05) is 39.0 Å². The fourth-order valence-electron chi connectivity index (χ4n) is 2.63. The van der Waals surface area contributed by atoms with Crippen molar-refractivity contribution >= 4 is 0 Å². The smallest absolute Gasteiger partial charge is 0.00200 e. The summed E-state index contributed by atoms with van der Waals surface area (Å²) in [6.07, 6.45) is 12.6. The molecule has 0 aromatic heterocycles. The molecule has 2 heteroatoms. The van der Waals surface area contributed by atoms with Gasteiger partial charge in [-0.25, -0.2) is 0 Å². The van der Waals surface area contributed by atoms with E-state index in [9.17, 15) is 0 Å². The molecule has 1 fully saturated rings. The molecule has 1 atom stereocenters. The van der Waals surface area contributed by atoms with Gasteiger partial charge in [-0.3, -0.25) is 0 Å². The Labute approximate surface area is 108 Å². The third-order valence-electron chi connectivity index (χ3n) is 3.84. The fourth-order valence-corrected chi connectivity index (χ4v) is 2.63. The van der Waals surface area contributed by atoms with Crippen molar-refractivity contribution in [2.75, 3.05) is 26.2 Å². The minimum Gasteiger partial charge on any atom is -0.317 e. The van der Waals surface area contributed by atoms with Crippen LogP contribution in [-0.4, -0.2) is 26.2 Å². The predicted molar refractivity (Wildman–Crippen MR) is 76.5 cm³/mol. The van der Waals surface area contributed by atoms with Gasteiger partial charge >= 0.3 is 0 Å². The molecule has 0 radical (unpaired) electrons. The van der Waals surface area contributed by atoms with E-state index < -0.39 is 0 Å². The first kappa shape index (κ1) is 15.0. The van der Waals surface area contributed by atoms with Crippen LogP contribution in [0.5, 0.6) is 0 Å². The number of unbranched alkanes of at least 4 members (excludes halogenated alkanes) is 5. The van der Waals surface area contributed by atoms with Crippen LogP contribution in [0.2, 0.25) is 0 Å². The molecule has 1 unspecified atom stereocenters. The maximum atomic E-state index is 3.58. The van der Waals surface area contributed by atoms with Crippen molar-refractivity contribution in [2.45, 2.75) is 64.7 Å². The van der Waals surface area contributed by atoms with E-state index in [0.29, 0.717) is 0 Å². The van der Waals surface area contributed by atoms with Gasteiger partial charge in [0.05, 0.1) is 0 Å². The Balaban J connectivity index is 1.69. The summed E-state index contributed by atoms with van der Waals surface area (Å²) in [6.45, 7) is 7.25. The van der Waals surface area contributed by atoms with E-state index in [4.69, 9.17) is 0 Å². The molecule has 2 nitrogen and oxygen atoms in total. The molecule has 1 saturated heterocycles. The largest absolute Gasteiger partial charge is 0.317 e. The van der Waals surface area contributed by atoms with Crippen molar-refractivity contribution in [2.24, 2.45) is 5.92 Å². The summed E-state index contributed by atoms with van der Waals surface area (Å²) < 4.78 is 0. The van der Waals surface area contributed by atoms with E-state index in [-0.39, 0.29) is 0 Å². The third-order valence-corrected chi connectivity index (χ3v) is 3.84. The standard InChI is InChI=1S/C15H32N2/c1-2-3-4-5-6-7-11-16-12-8-9-15-10-13-17-14-15/h15-17H,2-14H2,1H3. The van der Waals surface area contributed by atoms with Gasteiger partial charge in [-0.05, 0) is 57.8 Å². The van der Waals surface area contributed by atoms with Gasteiger partial charge < -0.3 is 10.6 Å². The summed E-state index contributed by atoms with van der Waals surface area (Å²) >= 11 is 0. The van der Waals surface area contributed by atoms with E-state index in [1.165, 1.54) is 84.0 Å². The van der Waals surface area contributed by atoms with Gasteiger partial charge in [0.1, 0.15) is 0 Å². The number of nitrogens with one attached hydrogen (secondary N) is 2. The predicted octanol–water partition coefficient (Wildman–Crippen LogP) is 3.33. The second-order valence-corrected chi connectivity index (χ2v) is 5.52. The molecule has 0 bridgehead atoms. The molecular formula is C15H32N2. The minimum absolute atomic E-state index is 0.964. The van der Waals surface area contributed by atoms with E-state index in [1.807, 2.05) is 0 Å². The van der Waals surface area contributed by atoms with Crippen LogP contribution in [0.1, 0.15) is 64.7 Å². The lowest BCUT2D eigenvalue weighted by Crippen LogP contribution is -2.18. The molecule has 1 aliphatic heterocycles. The van der Waals surface area contributed by atoms with Gasteiger partial charge in [0, 0.05) is 0 Å². The number of hydrogen-bond donors (Lipinski definition) is 2. The van der Waals surface area contributed by atoms with Crippen molar-refractivity contribution < 1.29 is 0 Å². The second-order valence-electron chi connectivity index (χ2n) is 5.52. The molecule has 0 saturated carbocycles. The van der Waals surface area contributed by atoms with Crippen LogP contribution < -0.4 is 10.6 Å². The molecule has 0 aromatic carbocycles. The Bertz CT molecular complexity index is 153. The molecule has 0 spiro atoms. The summed E-state index contributed by atoms with van der Waals surface area (Å²) in [7, 11) is 0. The molecule has 1 heterocycles. The average molecular weight is 240 g/mol. The highest BCUT2D eigenvalue weighted by molar-refractivity contribution is 4.71. The number of rotatable bonds is 11. The summed E-state index contributed by atoms with van der Waals surface area (Å²) in [6, 6.07) is 0. The molecule has 17 heavy (non-hydrogen) atoms. The zero-order valence-corrected chi connectivity index (χ0v) is 11.8. The van der Waals surface area contributed by atoms with Crippen LogP contribution in [0.25, 0.3) is 0 Å². The monoisotopic (exact) mass is 240 g/mol. The average Bonchev–Trinajstić information content (AvgIpc) is 2.85. The Hall–Kier alpha value is -0.0800. The Morgan fingerprint density at radius 1 is 1.00 bits per heavy atom. The van der Waals surface area contributed by atoms with Crippen molar-refractivity contribution in [3.05, 3.63) is 0 Å². The maximum Gasteiger partial charge on any atom is -0.00200 e. The third kappa shape index (κ3) is 8.62. The molecule has 0 aliphatic carbocycles. The highest BCUT2D eigenvalue weighted by atomic mass is 14.9. The fraction of sp³-hybridized carbons (Fsp3) is 1.00. The van der Waals surface area contributed by atoms with Crippen LogP contribution in [0.4, 0.5) is 0 Å². The van der Waals surface area contributed by atoms with Crippen molar-refractivity contribution in [3.63, 3.8) is 0 Å². The Morgan fingerprint density at radius 3 is 2.53 bits per heavy atom. The lowest BCUT2D eigenvalue weighted by atomic mass is 10.0. The lowest BCUT2D eigenvalue weighted by molar-refractivity contribution is 0.486. The number of hydrogen-bond acceptors (Lipinski definition) is 2. The first-order chi connectivity index (χ1) is 8.43. The second kappa shape index (κ2) is 11.0. The van der Waals surface area contributed by atoms with Crippen LogP contribution in [0, 0.1) is 5.92 Å². The van der Waals surface area contributed by atoms with Crippen LogP contribution >= 0.6 is 0 Å². The van der Waals surface area contributed by atoms with Crippen LogP contribution in [-0.2, 0) is 0 Å². The van der Waals surface area contributed by atoms with Crippen molar-refractivity contribution in [3.8, 4) is 0 Å². The molecule has 102 valence electrons.